The molecule has 4 heteroatoms. The lowest BCUT2D eigenvalue weighted by atomic mass is 9.83. The van der Waals surface area contributed by atoms with Gasteiger partial charge in [0.15, 0.2) is 0 Å². The predicted molar refractivity (Wildman–Crippen MR) is 69.8 cm³/mol. The van der Waals surface area contributed by atoms with Gasteiger partial charge in [-0.2, -0.15) is 13.2 Å². The molecule has 106 valence electrons. The number of rotatable bonds is 5. The maximum atomic E-state index is 12.4. The summed E-state index contributed by atoms with van der Waals surface area (Å²) in [6.07, 6.45) is 0.927. The molecule has 1 aromatic carbocycles. The van der Waals surface area contributed by atoms with Crippen LogP contribution in [0.5, 0.6) is 0 Å². The molecule has 0 amide bonds. The molecule has 1 unspecified atom stereocenters. The summed E-state index contributed by atoms with van der Waals surface area (Å²) in [4.78, 5) is 0. The summed E-state index contributed by atoms with van der Waals surface area (Å²) in [5, 5.41) is 3.37. The molecule has 19 heavy (non-hydrogen) atoms. The molecule has 1 atom stereocenters. The van der Waals surface area contributed by atoms with Crippen LogP contribution in [0.25, 0.3) is 0 Å². The lowest BCUT2D eigenvalue weighted by molar-refractivity contribution is -0.137. The second-order valence-corrected chi connectivity index (χ2v) is 5.38. The number of benzene rings is 1. The van der Waals surface area contributed by atoms with Crippen LogP contribution in [-0.4, -0.2) is 6.54 Å². The zero-order valence-electron chi connectivity index (χ0n) is 11.1. The van der Waals surface area contributed by atoms with Crippen LogP contribution in [0.4, 0.5) is 13.2 Å². The van der Waals surface area contributed by atoms with Gasteiger partial charge in [-0.05, 0) is 43.5 Å². The minimum atomic E-state index is -4.25. The molecule has 0 aromatic heterocycles. The van der Waals surface area contributed by atoms with Gasteiger partial charge in [0, 0.05) is 6.04 Å². The first kappa shape index (κ1) is 14.4. The fraction of sp³-hybridized carbons (Fsp3) is 0.600. The topological polar surface area (TPSA) is 12.0 Å². The predicted octanol–water partition coefficient (Wildman–Crippen LogP) is 4.55. The molecule has 1 nitrogen and oxygen atoms in total. The van der Waals surface area contributed by atoms with Crippen LogP contribution in [-0.2, 0) is 6.18 Å². The molecular weight excluding hydrogens is 251 g/mol. The van der Waals surface area contributed by atoms with Crippen molar-refractivity contribution in [2.75, 3.05) is 6.54 Å². The van der Waals surface area contributed by atoms with E-state index in [4.69, 9.17) is 0 Å². The van der Waals surface area contributed by atoms with Gasteiger partial charge in [0.2, 0.25) is 0 Å². The van der Waals surface area contributed by atoms with Crippen LogP contribution >= 0.6 is 0 Å². The summed E-state index contributed by atoms with van der Waals surface area (Å²) >= 11 is 0. The van der Waals surface area contributed by atoms with E-state index in [1.54, 1.807) is 12.1 Å². The number of nitrogens with one attached hydrogen (secondary N) is 1. The second kappa shape index (κ2) is 5.95. The van der Waals surface area contributed by atoms with E-state index < -0.39 is 11.7 Å². The molecule has 0 spiro atoms. The van der Waals surface area contributed by atoms with Crippen molar-refractivity contribution in [1.29, 1.82) is 0 Å². The highest BCUT2D eigenvalue weighted by atomic mass is 19.4. The minimum absolute atomic E-state index is 0.0994. The van der Waals surface area contributed by atoms with E-state index in [0.717, 1.165) is 30.2 Å². The summed E-state index contributed by atoms with van der Waals surface area (Å²) in [7, 11) is 0. The van der Waals surface area contributed by atoms with Gasteiger partial charge >= 0.3 is 6.18 Å². The Balaban J connectivity index is 1.82. The van der Waals surface area contributed by atoms with E-state index in [-0.39, 0.29) is 6.04 Å². The number of hydrogen-bond donors (Lipinski definition) is 1. The third-order valence-corrected chi connectivity index (χ3v) is 3.97. The molecular formula is C15H20F3N. The first-order chi connectivity index (χ1) is 8.97. The van der Waals surface area contributed by atoms with Gasteiger partial charge in [0.05, 0.1) is 5.56 Å². The van der Waals surface area contributed by atoms with Crippen LogP contribution in [0, 0.1) is 5.92 Å². The molecule has 1 fully saturated rings. The molecule has 1 aliphatic carbocycles. The zero-order valence-corrected chi connectivity index (χ0v) is 11.1. The van der Waals surface area contributed by atoms with Crippen LogP contribution in [0.15, 0.2) is 24.3 Å². The van der Waals surface area contributed by atoms with Crippen molar-refractivity contribution in [3.63, 3.8) is 0 Å². The fourth-order valence-corrected chi connectivity index (χ4v) is 2.36. The number of hydrogen-bond acceptors (Lipinski definition) is 1. The third kappa shape index (κ3) is 3.96. The SMILES string of the molecule is CC(NCCC1CCC1)c1ccc(C(F)(F)F)cc1. The summed E-state index contributed by atoms with van der Waals surface area (Å²) in [5.74, 6) is 0.854. The molecule has 0 heterocycles. The fourth-order valence-electron chi connectivity index (χ4n) is 2.36. The van der Waals surface area contributed by atoms with E-state index in [2.05, 4.69) is 5.32 Å². The average molecular weight is 271 g/mol. The lowest BCUT2D eigenvalue weighted by Gasteiger charge is -2.26. The molecule has 0 saturated heterocycles. The summed E-state index contributed by atoms with van der Waals surface area (Å²) in [6, 6.07) is 5.52. The largest absolute Gasteiger partial charge is 0.416 e. The Morgan fingerprint density at radius 2 is 1.84 bits per heavy atom. The molecule has 0 radical (unpaired) electrons. The van der Waals surface area contributed by atoms with Crippen molar-refractivity contribution in [3.8, 4) is 0 Å². The second-order valence-electron chi connectivity index (χ2n) is 5.38. The Hall–Kier alpha value is -1.03. The molecule has 1 aromatic rings. The van der Waals surface area contributed by atoms with Crippen molar-refractivity contribution in [2.45, 2.75) is 44.8 Å². The quantitative estimate of drug-likeness (QED) is 0.828. The van der Waals surface area contributed by atoms with E-state index in [9.17, 15) is 13.2 Å². The Morgan fingerprint density at radius 3 is 2.32 bits per heavy atom. The van der Waals surface area contributed by atoms with Gasteiger partial charge in [-0.25, -0.2) is 0 Å². The number of alkyl halides is 3. The van der Waals surface area contributed by atoms with E-state index >= 15 is 0 Å². The lowest BCUT2D eigenvalue weighted by Crippen LogP contribution is -2.24. The average Bonchev–Trinajstić information content (AvgIpc) is 2.31. The summed E-state index contributed by atoms with van der Waals surface area (Å²) < 4.78 is 37.3. The third-order valence-electron chi connectivity index (χ3n) is 3.97. The van der Waals surface area contributed by atoms with Crippen LogP contribution in [0.1, 0.15) is 49.8 Å². The van der Waals surface area contributed by atoms with Gasteiger partial charge < -0.3 is 5.32 Å². The monoisotopic (exact) mass is 271 g/mol. The molecule has 1 aliphatic rings. The van der Waals surface area contributed by atoms with Crippen molar-refractivity contribution in [1.82, 2.24) is 5.32 Å². The van der Waals surface area contributed by atoms with Gasteiger partial charge in [-0.15, -0.1) is 0 Å². The number of halogens is 3. The van der Waals surface area contributed by atoms with Gasteiger partial charge in [0.25, 0.3) is 0 Å². The zero-order chi connectivity index (χ0) is 13.9. The van der Waals surface area contributed by atoms with Crippen molar-refractivity contribution < 1.29 is 13.2 Å². The first-order valence-electron chi connectivity index (χ1n) is 6.87. The Labute approximate surface area is 112 Å². The Morgan fingerprint density at radius 1 is 1.21 bits per heavy atom. The van der Waals surface area contributed by atoms with Gasteiger partial charge in [0.1, 0.15) is 0 Å². The van der Waals surface area contributed by atoms with Gasteiger partial charge in [-0.1, -0.05) is 31.4 Å². The normalized spacial score (nSPS) is 18.1. The van der Waals surface area contributed by atoms with Crippen molar-refractivity contribution >= 4 is 0 Å². The van der Waals surface area contributed by atoms with E-state index in [1.807, 2.05) is 6.92 Å². The van der Waals surface area contributed by atoms with E-state index in [1.165, 1.54) is 25.7 Å². The van der Waals surface area contributed by atoms with Crippen LogP contribution in [0.2, 0.25) is 0 Å². The summed E-state index contributed by atoms with van der Waals surface area (Å²) in [5.41, 5.74) is 0.319. The standard InChI is InChI=1S/C15H20F3N/c1-11(19-10-9-12-3-2-4-12)13-5-7-14(8-6-13)15(16,17)18/h5-8,11-12,19H,2-4,9-10H2,1H3. The van der Waals surface area contributed by atoms with Gasteiger partial charge in [-0.3, -0.25) is 0 Å². The molecule has 2 rings (SSSR count). The Bertz CT molecular complexity index is 393. The molecule has 0 bridgehead atoms. The van der Waals surface area contributed by atoms with Crippen LogP contribution < -0.4 is 5.32 Å². The van der Waals surface area contributed by atoms with Crippen LogP contribution in [0.3, 0.4) is 0 Å². The summed E-state index contributed by atoms with van der Waals surface area (Å²) in [6.45, 7) is 2.93. The highest BCUT2D eigenvalue weighted by molar-refractivity contribution is 5.26. The molecule has 1 N–H and O–H groups in total. The van der Waals surface area contributed by atoms with Crippen molar-refractivity contribution in [3.05, 3.63) is 35.4 Å². The molecule has 0 aliphatic heterocycles. The Kier molecular flexibility index (Phi) is 4.50. The smallest absolute Gasteiger partial charge is 0.310 e. The first-order valence-corrected chi connectivity index (χ1v) is 6.87. The highest BCUT2D eigenvalue weighted by Gasteiger charge is 2.30. The van der Waals surface area contributed by atoms with E-state index in [0.29, 0.717) is 0 Å². The highest BCUT2D eigenvalue weighted by Crippen LogP contribution is 2.30. The maximum absolute atomic E-state index is 12.4. The van der Waals surface area contributed by atoms with Crippen molar-refractivity contribution in [2.24, 2.45) is 5.92 Å². The maximum Gasteiger partial charge on any atom is 0.416 e. The molecule has 1 saturated carbocycles. The minimum Gasteiger partial charge on any atom is -0.310 e.